The lowest BCUT2D eigenvalue weighted by molar-refractivity contribution is -0.139. The summed E-state index contributed by atoms with van der Waals surface area (Å²) >= 11 is 0. The minimum atomic E-state index is -4.41. The maximum Gasteiger partial charge on any atom is 0.416 e. The van der Waals surface area contributed by atoms with Gasteiger partial charge < -0.3 is 20.1 Å². The van der Waals surface area contributed by atoms with E-state index in [1.165, 1.54) is 6.07 Å². The van der Waals surface area contributed by atoms with E-state index in [9.17, 15) is 22.8 Å². The van der Waals surface area contributed by atoms with Crippen LogP contribution in [0.4, 0.5) is 18.9 Å². The van der Waals surface area contributed by atoms with Gasteiger partial charge in [0.05, 0.1) is 18.5 Å². The molecule has 1 fully saturated rings. The van der Waals surface area contributed by atoms with Crippen molar-refractivity contribution in [3.63, 3.8) is 0 Å². The maximum absolute atomic E-state index is 13.6. The van der Waals surface area contributed by atoms with Gasteiger partial charge in [-0.25, -0.2) is 0 Å². The van der Waals surface area contributed by atoms with E-state index in [1.54, 1.807) is 29.2 Å². The number of benzene rings is 2. The first kappa shape index (κ1) is 24.1. The van der Waals surface area contributed by atoms with Gasteiger partial charge in [0, 0.05) is 18.8 Å². The summed E-state index contributed by atoms with van der Waals surface area (Å²) in [6.45, 7) is 2.63. The molecule has 0 bridgehead atoms. The van der Waals surface area contributed by atoms with Crippen LogP contribution < -0.4 is 15.0 Å². The van der Waals surface area contributed by atoms with Gasteiger partial charge in [0.2, 0.25) is 5.91 Å². The standard InChI is InChI=1S/C25H27F3N2O4/c1-24(8-9-24)19-4-2-16(12-20(19)25(26,27)28)15-34-18-3-5-21-17(13-18)7-11-30(21)22(31)14-29-10-6-23(32)33/h2-5,12-13,29H,6-11,14-15H2,1H3,(H,32,33). The molecule has 1 aliphatic carbocycles. The fourth-order valence-corrected chi connectivity index (χ4v) is 4.28. The molecule has 2 aliphatic rings. The number of alkyl halides is 3. The highest BCUT2D eigenvalue weighted by Gasteiger charge is 2.45. The van der Waals surface area contributed by atoms with Crippen LogP contribution in [0, 0.1) is 0 Å². The van der Waals surface area contributed by atoms with Crippen LogP contribution in [0.1, 0.15) is 48.4 Å². The summed E-state index contributed by atoms with van der Waals surface area (Å²) in [6.07, 6.45) is -2.31. The van der Waals surface area contributed by atoms with Crippen molar-refractivity contribution in [1.29, 1.82) is 0 Å². The highest BCUT2D eigenvalue weighted by molar-refractivity contribution is 5.96. The SMILES string of the molecule is CC1(c2ccc(COc3ccc4c(c3)CCN4C(=O)CNCCC(=O)O)cc2C(F)(F)F)CC1. The van der Waals surface area contributed by atoms with E-state index < -0.39 is 17.7 Å². The number of ether oxygens (including phenoxy) is 1. The van der Waals surface area contributed by atoms with Gasteiger partial charge in [0.25, 0.3) is 0 Å². The van der Waals surface area contributed by atoms with Gasteiger partial charge in [-0.15, -0.1) is 0 Å². The van der Waals surface area contributed by atoms with Crippen LogP contribution in [0.3, 0.4) is 0 Å². The summed E-state index contributed by atoms with van der Waals surface area (Å²) in [5.41, 5.74) is 1.50. The number of carbonyl (C=O) groups excluding carboxylic acids is 1. The highest BCUT2D eigenvalue weighted by Crippen LogP contribution is 2.51. The molecule has 0 atom stereocenters. The van der Waals surface area contributed by atoms with E-state index >= 15 is 0 Å². The molecule has 0 saturated heterocycles. The number of hydrogen-bond acceptors (Lipinski definition) is 4. The molecule has 6 nitrogen and oxygen atoms in total. The molecule has 1 saturated carbocycles. The zero-order valence-electron chi connectivity index (χ0n) is 18.9. The molecule has 2 aromatic carbocycles. The number of halogens is 3. The van der Waals surface area contributed by atoms with Crippen molar-refractivity contribution in [2.45, 2.75) is 50.8 Å². The maximum atomic E-state index is 13.6. The molecule has 2 N–H and O–H groups in total. The molecule has 2 aromatic rings. The van der Waals surface area contributed by atoms with E-state index in [1.807, 2.05) is 13.0 Å². The average molecular weight is 476 g/mol. The lowest BCUT2D eigenvalue weighted by atomic mass is 9.91. The van der Waals surface area contributed by atoms with Crippen molar-refractivity contribution in [2.75, 3.05) is 24.5 Å². The summed E-state index contributed by atoms with van der Waals surface area (Å²) in [7, 11) is 0. The summed E-state index contributed by atoms with van der Waals surface area (Å²) in [6, 6.07) is 9.73. The van der Waals surface area contributed by atoms with E-state index in [-0.39, 0.29) is 37.4 Å². The fourth-order valence-electron chi connectivity index (χ4n) is 4.28. The molecule has 4 rings (SSSR count). The van der Waals surface area contributed by atoms with Gasteiger partial charge >= 0.3 is 12.1 Å². The number of hydrogen-bond donors (Lipinski definition) is 2. The minimum Gasteiger partial charge on any atom is -0.489 e. The molecule has 0 spiro atoms. The Morgan fingerprint density at radius 2 is 1.94 bits per heavy atom. The third-order valence-corrected chi connectivity index (χ3v) is 6.48. The fraction of sp³-hybridized carbons (Fsp3) is 0.440. The summed E-state index contributed by atoms with van der Waals surface area (Å²) < 4.78 is 46.7. The summed E-state index contributed by atoms with van der Waals surface area (Å²) in [5, 5.41) is 11.5. The van der Waals surface area contributed by atoms with Crippen LogP contribution in [-0.4, -0.2) is 36.6 Å². The van der Waals surface area contributed by atoms with Crippen molar-refractivity contribution >= 4 is 17.6 Å². The number of anilines is 1. The Balaban J connectivity index is 1.39. The van der Waals surface area contributed by atoms with E-state index in [0.29, 0.717) is 29.8 Å². The number of amides is 1. The molecule has 34 heavy (non-hydrogen) atoms. The minimum absolute atomic E-state index is 0.00893. The van der Waals surface area contributed by atoms with Gasteiger partial charge in [-0.1, -0.05) is 19.1 Å². The first-order valence-corrected chi connectivity index (χ1v) is 11.3. The Kier molecular flexibility index (Phi) is 6.58. The largest absolute Gasteiger partial charge is 0.489 e. The molecule has 1 amide bonds. The molecular weight excluding hydrogens is 449 g/mol. The lowest BCUT2D eigenvalue weighted by Gasteiger charge is -2.19. The van der Waals surface area contributed by atoms with Crippen LogP contribution >= 0.6 is 0 Å². The zero-order chi connectivity index (χ0) is 24.5. The van der Waals surface area contributed by atoms with E-state index in [4.69, 9.17) is 9.84 Å². The van der Waals surface area contributed by atoms with Crippen LogP contribution in [0.25, 0.3) is 0 Å². The van der Waals surface area contributed by atoms with Crippen LogP contribution in [-0.2, 0) is 34.2 Å². The highest BCUT2D eigenvalue weighted by atomic mass is 19.4. The monoisotopic (exact) mass is 476 g/mol. The number of nitrogens with zero attached hydrogens (tertiary/aromatic N) is 1. The van der Waals surface area contributed by atoms with Gasteiger partial charge in [-0.3, -0.25) is 9.59 Å². The normalized spacial score (nSPS) is 16.3. The number of nitrogens with one attached hydrogen (secondary N) is 1. The number of fused-ring (bicyclic) bond motifs is 1. The smallest absolute Gasteiger partial charge is 0.416 e. The molecule has 1 aliphatic heterocycles. The van der Waals surface area contributed by atoms with E-state index in [2.05, 4.69) is 5.32 Å². The number of carbonyl (C=O) groups is 2. The Hall–Kier alpha value is -3.07. The second-order valence-corrected chi connectivity index (χ2v) is 9.13. The van der Waals surface area contributed by atoms with Gasteiger partial charge in [-0.05, 0) is 65.6 Å². The zero-order valence-corrected chi connectivity index (χ0v) is 18.9. The Labute approximate surface area is 195 Å². The average Bonchev–Trinajstić information content (AvgIpc) is 3.39. The molecule has 0 radical (unpaired) electrons. The topological polar surface area (TPSA) is 78.9 Å². The molecule has 182 valence electrons. The Bertz CT molecular complexity index is 1100. The van der Waals surface area contributed by atoms with Crippen LogP contribution in [0.15, 0.2) is 36.4 Å². The van der Waals surface area contributed by atoms with Gasteiger partial charge in [0.1, 0.15) is 12.4 Å². The molecule has 0 aromatic heterocycles. The summed E-state index contributed by atoms with van der Waals surface area (Å²) in [5.74, 6) is -0.553. The second-order valence-electron chi connectivity index (χ2n) is 9.13. The van der Waals surface area contributed by atoms with Gasteiger partial charge in [-0.2, -0.15) is 13.2 Å². The Morgan fingerprint density at radius 1 is 1.18 bits per heavy atom. The third-order valence-electron chi connectivity index (χ3n) is 6.48. The third kappa shape index (κ3) is 5.35. The van der Waals surface area contributed by atoms with Crippen molar-refractivity contribution < 1.29 is 32.6 Å². The second kappa shape index (κ2) is 9.29. The number of aliphatic carboxylic acids is 1. The first-order chi connectivity index (χ1) is 16.1. The molecule has 1 heterocycles. The van der Waals surface area contributed by atoms with E-state index in [0.717, 1.165) is 24.1 Å². The first-order valence-electron chi connectivity index (χ1n) is 11.3. The van der Waals surface area contributed by atoms with Crippen molar-refractivity contribution in [3.05, 3.63) is 58.7 Å². The van der Waals surface area contributed by atoms with Gasteiger partial charge in [0.15, 0.2) is 0 Å². The predicted molar refractivity (Wildman–Crippen MR) is 120 cm³/mol. The molecular formula is C25H27F3N2O4. The van der Waals surface area contributed by atoms with Crippen molar-refractivity contribution in [2.24, 2.45) is 0 Å². The summed E-state index contributed by atoms with van der Waals surface area (Å²) in [4.78, 5) is 24.7. The predicted octanol–water partition coefficient (Wildman–Crippen LogP) is 4.29. The van der Waals surface area contributed by atoms with Crippen molar-refractivity contribution in [3.8, 4) is 5.75 Å². The van der Waals surface area contributed by atoms with Crippen molar-refractivity contribution in [1.82, 2.24) is 5.32 Å². The number of carboxylic acids is 1. The molecule has 9 heteroatoms. The van der Waals surface area contributed by atoms with Crippen LogP contribution in [0.5, 0.6) is 5.75 Å². The Morgan fingerprint density at radius 3 is 2.62 bits per heavy atom. The van der Waals surface area contributed by atoms with Crippen LogP contribution in [0.2, 0.25) is 0 Å². The quantitative estimate of drug-likeness (QED) is 0.528. The number of carboxylic acid groups (broad SMARTS) is 1. The lowest BCUT2D eigenvalue weighted by Crippen LogP contribution is -2.37. The molecule has 0 unspecified atom stereocenters. The number of rotatable bonds is 9.